The maximum atomic E-state index is 12.8. The number of ketones is 1. The van der Waals surface area contributed by atoms with E-state index in [9.17, 15) is 33.3 Å². The fourth-order valence-corrected chi connectivity index (χ4v) is 5.42. The summed E-state index contributed by atoms with van der Waals surface area (Å²) in [4.78, 5) is 76.2. The number of esters is 1. The standard InChI is InChI=1S/C25H33N4O12P/c1-12-9-28(24(34)26-22(12)32)19-7-16(15(4)38-19)41-42(36)37-11-18-17(40-21(31)6-5-14(3)30)8-20(39-18)29-10-13(2)23(33)27-25(29)35/h9-10,15-20,42H,5-8,11H2,1-4H3,(H,26,32,34)(H,27,33,35)/t15-,16?,17?,18-,19-,20-/m1/s1/i4D. The number of aromatic nitrogens is 4. The summed E-state index contributed by atoms with van der Waals surface area (Å²) in [5, 5.41) is 0. The molecule has 230 valence electrons. The fourth-order valence-electron chi connectivity index (χ4n) is 4.56. The molecule has 2 aliphatic heterocycles. The zero-order valence-electron chi connectivity index (χ0n) is 24.2. The van der Waals surface area contributed by atoms with Crippen LogP contribution in [0.3, 0.4) is 0 Å². The first-order valence-corrected chi connectivity index (χ1v) is 14.3. The second kappa shape index (κ2) is 13.3. The van der Waals surface area contributed by atoms with Crippen LogP contribution >= 0.6 is 8.25 Å². The van der Waals surface area contributed by atoms with Crippen molar-refractivity contribution in [3.63, 3.8) is 0 Å². The number of aryl methyl sites for hydroxylation is 2. The zero-order valence-corrected chi connectivity index (χ0v) is 24.2. The van der Waals surface area contributed by atoms with Crippen LogP contribution in [0.1, 0.15) is 64.5 Å². The third-order valence-electron chi connectivity index (χ3n) is 6.85. The van der Waals surface area contributed by atoms with Crippen molar-refractivity contribution < 1.29 is 38.8 Å². The number of rotatable bonds is 11. The highest BCUT2D eigenvalue weighted by Gasteiger charge is 2.41. The van der Waals surface area contributed by atoms with Gasteiger partial charge in [0.1, 0.15) is 30.4 Å². The minimum absolute atomic E-state index is 0.000580. The number of hydrogen-bond donors (Lipinski definition) is 2. The van der Waals surface area contributed by atoms with Crippen molar-refractivity contribution in [3.05, 3.63) is 65.2 Å². The largest absolute Gasteiger partial charge is 0.459 e. The summed E-state index contributed by atoms with van der Waals surface area (Å²) in [7, 11) is -3.24. The number of nitrogens with zero attached hydrogens (tertiary/aromatic N) is 2. The number of carbonyl (C=O) groups excluding carboxylic acids is 2. The molecule has 0 saturated carbocycles. The van der Waals surface area contributed by atoms with E-state index in [2.05, 4.69) is 9.97 Å². The summed E-state index contributed by atoms with van der Waals surface area (Å²) >= 11 is 0. The van der Waals surface area contributed by atoms with E-state index in [-0.39, 0.29) is 56.1 Å². The highest BCUT2D eigenvalue weighted by Crippen LogP contribution is 2.38. The van der Waals surface area contributed by atoms with Gasteiger partial charge in [0, 0.05) is 44.2 Å². The Kier molecular flexibility index (Phi) is 9.48. The molecular formula is C25H33N4O12P. The second-order valence-electron chi connectivity index (χ2n) is 10.1. The third-order valence-corrected chi connectivity index (χ3v) is 7.75. The highest BCUT2D eigenvalue weighted by molar-refractivity contribution is 7.33. The molecule has 7 atom stereocenters. The highest BCUT2D eigenvalue weighted by atomic mass is 31.1. The molecule has 16 nitrogen and oxygen atoms in total. The Morgan fingerprint density at radius 2 is 1.55 bits per heavy atom. The third kappa shape index (κ3) is 7.50. The van der Waals surface area contributed by atoms with Crippen LogP contribution in [0, 0.1) is 13.8 Å². The number of Topliss-reactive ketones (excluding diaryl/α,β-unsaturated/α-hetero) is 1. The van der Waals surface area contributed by atoms with Crippen LogP contribution in [-0.2, 0) is 37.4 Å². The van der Waals surface area contributed by atoms with E-state index in [0.29, 0.717) is 0 Å². The second-order valence-corrected chi connectivity index (χ2v) is 11.2. The lowest BCUT2D eigenvalue weighted by molar-refractivity contribution is -0.153. The van der Waals surface area contributed by atoms with Crippen LogP contribution in [0.15, 0.2) is 31.6 Å². The number of ether oxygens (including phenoxy) is 3. The van der Waals surface area contributed by atoms with Crippen molar-refractivity contribution in [2.75, 3.05) is 6.61 Å². The van der Waals surface area contributed by atoms with Gasteiger partial charge in [0.2, 0.25) is 0 Å². The number of hydrogen-bond acceptors (Lipinski definition) is 12. The molecular weight excluding hydrogens is 579 g/mol. The minimum Gasteiger partial charge on any atom is -0.459 e. The molecule has 2 N–H and O–H groups in total. The fraction of sp³-hybridized carbons (Fsp3) is 0.600. The number of H-pyrrole nitrogens is 2. The van der Waals surface area contributed by atoms with Gasteiger partial charge in [-0.1, -0.05) is 0 Å². The Balaban J connectivity index is 1.42. The normalized spacial score (nSPS) is 26.6. The van der Waals surface area contributed by atoms with Crippen molar-refractivity contribution in [1.29, 1.82) is 0 Å². The predicted octanol–water partition coefficient (Wildman–Crippen LogP) is 0.371. The van der Waals surface area contributed by atoms with Crippen molar-refractivity contribution in [2.45, 2.75) is 90.2 Å². The Hall–Kier alpha value is -3.43. The maximum absolute atomic E-state index is 12.8. The van der Waals surface area contributed by atoms with Gasteiger partial charge in [-0.2, -0.15) is 0 Å². The molecule has 42 heavy (non-hydrogen) atoms. The van der Waals surface area contributed by atoms with E-state index in [0.717, 1.165) is 4.57 Å². The van der Waals surface area contributed by atoms with Crippen LogP contribution < -0.4 is 22.5 Å². The molecule has 0 bridgehead atoms. The first-order valence-electron chi connectivity index (χ1n) is 13.8. The Labute approximate surface area is 240 Å². The van der Waals surface area contributed by atoms with Crippen molar-refractivity contribution in [2.24, 2.45) is 0 Å². The number of aromatic amines is 2. The molecule has 4 rings (SSSR count). The van der Waals surface area contributed by atoms with Crippen LogP contribution in [0.4, 0.5) is 0 Å². The van der Waals surface area contributed by atoms with E-state index < -0.39 is 73.6 Å². The lowest BCUT2D eigenvalue weighted by Crippen LogP contribution is -2.33. The Morgan fingerprint density at radius 1 is 0.976 bits per heavy atom. The Morgan fingerprint density at radius 3 is 2.12 bits per heavy atom. The summed E-state index contributed by atoms with van der Waals surface area (Å²) in [6.45, 7) is 3.71. The number of carbonyl (C=O) groups is 2. The molecule has 2 aromatic heterocycles. The summed E-state index contributed by atoms with van der Waals surface area (Å²) < 4.78 is 51.0. The van der Waals surface area contributed by atoms with Gasteiger partial charge < -0.3 is 28.1 Å². The van der Waals surface area contributed by atoms with Gasteiger partial charge >= 0.3 is 25.6 Å². The van der Waals surface area contributed by atoms with Gasteiger partial charge in [-0.3, -0.25) is 38.1 Å². The zero-order chi connectivity index (χ0) is 31.4. The molecule has 0 radical (unpaired) electrons. The van der Waals surface area contributed by atoms with Gasteiger partial charge in [0.25, 0.3) is 11.1 Å². The SMILES string of the molecule is [2H]C[C@H]1O[C@@H](n2cc(C)c(=O)[nH]c2=O)CC1O[PH](=O)OC[C@H]1O[C@@H](n2cc(C)c(=O)[nH]c2=O)CC1OC(=O)CCC(C)=O. The topological polar surface area (TPSA) is 207 Å². The van der Waals surface area contributed by atoms with Crippen molar-refractivity contribution in [1.82, 2.24) is 19.1 Å². The monoisotopic (exact) mass is 613 g/mol. The summed E-state index contributed by atoms with van der Waals surface area (Å²) in [5.41, 5.74) is -2.03. The quantitative estimate of drug-likeness (QED) is 0.260. The first-order chi connectivity index (χ1) is 20.4. The van der Waals surface area contributed by atoms with Crippen LogP contribution in [-0.4, -0.2) is 61.9 Å². The smallest absolute Gasteiger partial charge is 0.330 e. The molecule has 3 unspecified atom stereocenters. The molecule has 2 saturated heterocycles. The molecule has 0 aliphatic carbocycles. The van der Waals surface area contributed by atoms with E-state index in [1.807, 2.05) is 0 Å². The lowest BCUT2D eigenvalue weighted by atomic mass is 10.1. The molecule has 0 amide bonds. The molecule has 0 aromatic carbocycles. The van der Waals surface area contributed by atoms with E-state index in [1.54, 1.807) is 0 Å². The molecule has 0 spiro atoms. The average molecular weight is 614 g/mol. The van der Waals surface area contributed by atoms with E-state index in [4.69, 9.17) is 24.6 Å². The summed E-state index contributed by atoms with van der Waals surface area (Å²) in [6.07, 6.45) is -3.03. The molecule has 4 heterocycles. The predicted molar refractivity (Wildman–Crippen MR) is 144 cm³/mol. The summed E-state index contributed by atoms with van der Waals surface area (Å²) in [5.74, 6) is -0.878. The minimum atomic E-state index is -3.24. The molecule has 2 fully saturated rings. The van der Waals surface area contributed by atoms with Crippen LogP contribution in [0.2, 0.25) is 0 Å². The van der Waals surface area contributed by atoms with Gasteiger partial charge in [0.05, 0.1) is 25.2 Å². The Bertz CT molecular complexity index is 1620. The average Bonchev–Trinajstić information content (AvgIpc) is 3.53. The maximum Gasteiger partial charge on any atom is 0.330 e. The van der Waals surface area contributed by atoms with Crippen molar-refractivity contribution >= 4 is 20.0 Å². The molecule has 2 aliphatic rings. The van der Waals surface area contributed by atoms with Crippen LogP contribution in [0.5, 0.6) is 0 Å². The van der Waals surface area contributed by atoms with E-state index >= 15 is 0 Å². The molecule has 2 aromatic rings. The van der Waals surface area contributed by atoms with Gasteiger partial charge in [-0.15, -0.1) is 0 Å². The first kappa shape index (κ1) is 30.0. The van der Waals surface area contributed by atoms with Gasteiger partial charge in [0.15, 0.2) is 0 Å². The van der Waals surface area contributed by atoms with E-state index in [1.165, 1.54) is 37.7 Å². The van der Waals surface area contributed by atoms with Gasteiger partial charge in [-0.25, -0.2) is 9.59 Å². The van der Waals surface area contributed by atoms with Gasteiger partial charge in [-0.05, 0) is 27.7 Å². The van der Waals surface area contributed by atoms with Crippen LogP contribution in [0.25, 0.3) is 0 Å². The summed E-state index contributed by atoms with van der Waals surface area (Å²) in [6, 6.07) is 0. The number of nitrogens with one attached hydrogen (secondary N) is 2. The van der Waals surface area contributed by atoms with Crippen molar-refractivity contribution in [3.8, 4) is 0 Å². The lowest BCUT2D eigenvalue weighted by Gasteiger charge is -2.20. The molecule has 17 heteroatoms.